The summed E-state index contributed by atoms with van der Waals surface area (Å²) >= 11 is 0. The Morgan fingerprint density at radius 3 is 1.86 bits per heavy atom. The molecule has 0 aromatic heterocycles. The van der Waals surface area contributed by atoms with Crippen LogP contribution in [0.4, 0.5) is 0 Å². The van der Waals surface area contributed by atoms with Crippen molar-refractivity contribution in [2.24, 2.45) is 0 Å². The minimum atomic E-state index is -0.669. The molecule has 6 heteroatoms. The fourth-order valence-corrected chi connectivity index (χ4v) is 3.48. The zero-order valence-electron chi connectivity index (χ0n) is 20.8. The highest BCUT2D eigenvalue weighted by molar-refractivity contribution is 5.97. The van der Waals surface area contributed by atoms with E-state index in [0.29, 0.717) is 29.0 Å². The third-order valence-corrected chi connectivity index (χ3v) is 5.71. The zero-order valence-corrected chi connectivity index (χ0v) is 20.8. The molecule has 1 atom stereocenters. The van der Waals surface area contributed by atoms with E-state index < -0.39 is 12.0 Å². The van der Waals surface area contributed by atoms with Crippen LogP contribution < -0.4 is 14.8 Å². The number of benzene rings is 3. The molecular formula is C29H31NO5. The SMILES string of the molecule is COc1ccc(C(=O)Oc2ccc(C[C@H](NC(=O)c3ccc(C(C)(C)C)cc3)C(C)=O)cc2)cc1. The number of ether oxygens (including phenoxy) is 2. The van der Waals surface area contributed by atoms with Crippen LogP contribution in [0.5, 0.6) is 11.5 Å². The van der Waals surface area contributed by atoms with Crippen LogP contribution in [0, 0.1) is 0 Å². The second kappa shape index (κ2) is 11.0. The minimum Gasteiger partial charge on any atom is -0.497 e. The molecule has 182 valence electrons. The average Bonchev–Trinajstić information content (AvgIpc) is 2.84. The van der Waals surface area contributed by atoms with Gasteiger partial charge in [0.25, 0.3) is 5.91 Å². The molecule has 0 fully saturated rings. The lowest BCUT2D eigenvalue weighted by Gasteiger charge is -2.20. The molecule has 6 nitrogen and oxygen atoms in total. The Bertz CT molecular complexity index is 1170. The maximum absolute atomic E-state index is 12.7. The Kier molecular flexibility index (Phi) is 8.07. The molecule has 1 N–H and O–H groups in total. The fourth-order valence-electron chi connectivity index (χ4n) is 3.48. The normalized spacial score (nSPS) is 11.9. The molecule has 35 heavy (non-hydrogen) atoms. The molecule has 0 saturated heterocycles. The summed E-state index contributed by atoms with van der Waals surface area (Å²) in [5.41, 5.74) is 2.86. The van der Waals surface area contributed by atoms with Gasteiger partial charge in [-0.05, 0) is 78.4 Å². The Balaban J connectivity index is 1.62. The first kappa shape index (κ1) is 25.7. The number of amides is 1. The number of hydrogen-bond acceptors (Lipinski definition) is 5. The van der Waals surface area contributed by atoms with Crippen molar-refractivity contribution >= 4 is 17.7 Å². The lowest BCUT2D eigenvalue weighted by atomic mass is 9.86. The smallest absolute Gasteiger partial charge is 0.343 e. The number of carbonyl (C=O) groups is 3. The summed E-state index contributed by atoms with van der Waals surface area (Å²) in [5.74, 6) is 0.124. The van der Waals surface area contributed by atoms with E-state index in [1.54, 1.807) is 67.8 Å². The van der Waals surface area contributed by atoms with Crippen LogP contribution in [-0.2, 0) is 16.6 Å². The van der Waals surface area contributed by atoms with Gasteiger partial charge in [0.1, 0.15) is 11.5 Å². The van der Waals surface area contributed by atoms with E-state index in [0.717, 1.165) is 11.1 Å². The van der Waals surface area contributed by atoms with Crippen molar-refractivity contribution < 1.29 is 23.9 Å². The molecule has 0 bridgehead atoms. The van der Waals surface area contributed by atoms with Gasteiger partial charge in [-0.15, -0.1) is 0 Å². The number of ketones is 1. The zero-order chi connectivity index (χ0) is 25.6. The van der Waals surface area contributed by atoms with Crippen molar-refractivity contribution in [1.29, 1.82) is 0 Å². The standard InChI is InChI=1S/C29H31NO5/c1-19(31)26(30-27(32)21-8-12-23(13-9-21)29(2,3)4)18-20-6-14-25(15-7-20)35-28(33)22-10-16-24(34-5)17-11-22/h6-17,26H,18H2,1-5H3,(H,30,32)/t26-/m0/s1. The van der Waals surface area contributed by atoms with Gasteiger partial charge in [-0.3, -0.25) is 9.59 Å². The maximum Gasteiger partial charge on any atom is 0.343 e. The molecule has 3 aromatic carbocycles. The fraction of sp³-hybridized carbons (Fsp3) is 0.276. The van der Waals surface area contributed by atoms with Gasteiger partial charge in [0.15, 0.2) is 5.78 Å². The van der Waals surface area contributed by atoms with Gasteiger partial charge in [0.2, 0.25) is 0 Å². The number of Topliss-reactive ketones (excluding diaryl/α,β-unsaturated/α-hetero) is 1. The second-order valence-corrected chi connectivity index (χ2v) is 9.43. The van der Waals surface area contributed by atoms with Crippen LogP contribution in [0.2, 0.25) is 0 Å². The minimum absolute atomic E-state index is 0.00788. The Labute approximate surface area is 206 Å². The van der Waals surface area contributed by atoms with Crippen LogP contribution >= 0.6 is 0 Å². The van der Waals surface area contributed by atoms with E-state index in [1.165, 1.54) is 6.92 Å². The van der Waals surface area contributed by atoms with E-state index in [4.69, 9.17) is 9.47 Å². The number of carbonyl (C=O) groups excluding carboxylic acids is 3. The Morgan fingerprint density at radius 1 is 0.800 bits per heavy atom. The molecule has 0 radical (unpaired) electrons. The summed E-state index contributed by atoms with van der Waals surface area (Å²) in [4.78, 5) is 37.3. The van der Waals surface area contributed by atoms with E-state index in [2.05, 4.69) is 26.1 Å². The molecule has 0 unspecified atom stereocenters. The number of rotatable bonds is 8. The first-order valence-corrected chi connectivity index (χ1v) is 11.4. The number of methoxy groups -OCH3 is 1. The van der Waals surface area contributed by atoms with Crippen LogP contribution in [0.25, 0.3) is 0 Å². The topological polar surface area (TPSA) is 81.7 Å². The highest BCUT2D eigenvalue weighted by atomic mass is 16.5. The molecule has 0 saturated carbocycles. The van der Waals surface area contributed by atoms with Crippen molar-refractivity contribution in [3.63, 3.8) is 0 Å². The van der Waals surface area contributed by atoms with Crippen LogP contribution in [-0.4, -0.2) is 30.8 Å². The Hall–Kier alpha value is -3.93. The third kappa shape index (κ3) is 7.03. The molecule has 0 aliphatic heterocycles. The molecule has 3 rings (SSSR count). The highest BCUT2D eigenvalue weighted by Crippen LogP contribution is 2.22. The van der Waals surface area contributed by atoms with Crippen molar-refractivity contribution in [3.8, 4) is 11.5 Å². The first-order chi connectivity index (χ1) is 16.6. The molecule has 3 aromatic rings. The van der Waals surface area contributed by atoms with Gasteiger partial charge in [0, 0.05) is 5.56 Å². The van der Waals surface area contributed by atoms with Crippen molar-refractivity contribution in [2.45, 2.75) is 45.6 Å². The summed E-state index contributed by atoms with van der Waals surface area (Å²) in [6.07, 6.45) is 0.327. The van der Waals surface area contributed by atoms with Gasteiger partial charge < -0.3 is 14.8 Å². The molecule has 0 aliphatic rings. The van der Waals surface area contributed by atoms with E-state index in [1.807, 2.05) is 12.1 Å². The van der Waals surface area contributed by atoms with E-state index in [9.17, 15) is 14.4 Å². The van der Waals surface area contributed by atoms with E-state index >= 15 is 0 Å². The van der Waals surface area contributed by atoms with E-state index in [-0.39, 0.29) is 17.1 Å². The quantitative estimate of drug-likeness (QED) is 0.362. The second-order valence-electron chi connectivity index (χ2n) is 9.43. The summed E-state index contributed by atoms with van der Waals surface area (Å²) in [6, 6.07) is 20.3. The molecule has 0 aliphatic carbocycles. The van der Waals surface area contributed by atoms with Crippen LogP contribution in [0.1, 0.15) is 59.5 Å². The number of esters is 1. The molecule has 0 spiro atoms. The summed E-state index contributed by atoms with van der Waals surface area (Å²) in [5, 5.41) is 2.83. The van der Waals surface area contributed by atoms with Crippen molar-refractivity contribution in [1.82, 2.24) is 5.32 Å². The molecule has 0 heterocycles. The third-order valence-electron chi connectivity index (χ3n) is 5.71. The predicted molar refractivity (Wildman–Crippen MR) is 135 cm³/mol. The monoisotopic (exact) mass is 473 g/mol. The Morgan fingerprint density at radius 2 is 1.34 bits per heavy atom. The first-order valence-electron chi connectivity index (χ1n) is 11.4. The maximum atomic E-state index is 12.7. The van der Waals surface area contributed by atoms with Gasteiger partial charge in [-0.1, -0.05) is 45.0 Å². The van der Waals surface area contributed by atoms with Crippen LogP contribution in [0.15, 0.2) is 72.8 Å². The lowest BCUT2D eigenvalue weighted by Crippen LogP contribution is -2.41. The molecule has 1 amide bonds. The number of nitrogens with one attached hydrogen (secondary N) is 1. The van der Waals surface area contributed by atoms with Gasteiger partial charge >= 0.3 is 5.97 Å². The highest BCUT2D eigenvalue weighted by Gasteiger charge is 2.20. The van der Waals surface area contributed by atoms with Gasteiger partial charge in [-0.2, -0.15) is 0 Å². The number of hydrogen-bond donors (Lipinski definition) is 1. The van der Waals surface area contributed by atoms with Gasteiger partial charge in [-0.25, -0.2) is 4.79 Å². The lowest BCUT2D eigenvalue weighted by molar-refractivity contribution is -0.118. The van der Waals surface area contributed by atoms with Gasteiger partial charge in [0.05, 0.1) is 18.7 Å². The van der Waals surface area contributed by atoms with Crippen molar-refractivity contribution in [2.75, 3.05) is 7.11 Å². The largest absolute Gasteiger partial charge is 0.497 e. The average molecular weight is 474 g/mol. The summed E-state index contributed by atoms with van der Waals surface area (Å²) < 4.78 is 10.5. The predicted octanol–water partition coefficient (Wildman–Crippen LogP) is 5.14. The van der Waals surface area contributed by atoms with Crippen molar-refractivity contribution in [3.05, 3.63) is 95.1 Å². The molecular weight excluding hydrogens is 442 g/mol. The summed E-state index contributed by atoms with van der Waals surface area (Å²) in [6.45, 7) is 7.79. The van der Waals surface area contributed by atoms with Crippen LogP contribution in [0.3, 0.4) is 0 Å². The summed E-state index contributed by atoms with van der Waals surface area (Å²) in [7, 11) is 1.56.